The van der Waals surface area contributed by atoms with Gasteiger partial charge in [-0.3, -0.25) is 4.68 Å². The van der Waals surface area contributed by atoms with Crippen molar-refractivity contribution in [2.75, 3.05) is 38.2 Å². The summed E-state index contributed by atoms with van der Waals surface area (Å²) in [7, 11) is 3.98. The molecule has 2 aromatic rings. The third-order valence-electron chi connectivity index (χ3n) is 5.46. The maximum Gasteiger partial charge on any atom is 0.194 e. The Bertz CT molecular complexity index is 783. The summed E-state index contributed by atoms with van der Waals surface area (Å²) >= 11 is 0. The molecule has 1 aliphatic rings. The number of benzene rings is 1. The van der Waals surface area contributed by atoms with Gasteiger partial charge in [-0.05, 0) is 43.4 Å². The van der Waals surface area contributed by atoms with E-state index in [-0.39, 0.29) is 24.0 Å². The molecule has 1 fully saturated rings. The van der Waals surface area contributed by atoms with E-state index in [2.05, 4.69) is 51.4 Å². The smallest absolute Gasteiger partial charge is 0.194 e. The van der Waals surface area contributed by atoms with Crippen LogP contribution in [0.15, 0.2) is 41.7 Å². The summed E-state index contributed by atoms with van der Waals surface area (Å²) in [6, 6.07) is 8.72. The van der Waals surface area contributed by atoms with Gasteiger partial charge in [-0.25, -0.2) is 4.99 Å². The molecule has 1 aromatic heterocycles. The van der Waals surface area contributed by atoms with Crippen LogP contribution in [0.3, 0.4) is 0 Å². The molecule has 0 unspecified atom stereocenters. The van der Waals surface area contributed by atoms with Gasteiger partial charge in [0.15, 0.2) is 5.96 Å². The zero-order valence-corrected chi connectivity index (χ0v) is 20.6. The number of aliphatic hydroxyl groups is 1. The molecule has 8 heteroatoms. The van der Waals surface area contributed by atoms with Gasteiger partial charge in [0.05, 0.1) is 12.7 Å². The first-order valence-corrected chi connectivity index (χ1v) is 10.5. The Labute approximate surface area is 197 Å². The van der Waals surface area contributed by atoms with Gasteiger partial charge in [0.2, 0.25) is 0 Å². The zero-order valence-electron chi connectivity index (χ0n) is 18.3. The molecule has 7 nitrogen and oxygen atoms in total. The normalized spacial score (nSPS) is 15.1. The van der Waals surface area contributed by atoms with E-state index in [0.29, 0.717) is 19.1 Å². The van der Waals surface area contributed by atoms with E-state index >= 15 is 0 Å². The summed E-state index contributed by atoms with van der Waals surface area (Å²) in [5, 5.41) is 16.9. The molecule has 0 aliphatic carbocycles. The largest absolute Gasteiger partial charge is 0.396 e. The molecule has 0 bridgehead atoms. The fourth-order valence-corrected chi connectivity index (χ4v) is 3.72. The van der Waals surface area contributed by atoms with Gasteiger partial charge in [0, 0.05) is 64.3 Å². The summed E-state index contributed by atoms with van der Waals surface area (Å²) in [6.45, 7) is 6.68. The van der Waals surface area contributed by atoms with Gasteiger partial charge in [-0.1, -0.05) is 12.1 Å². The van der Waals surface area contributed by atoms with Crippen LogP contribution in [0, 0.1) is 5.92 Å². The van der Waals surface area contributed by atoms with Crippen molar-refractivity contribution in [3.63, 3.8) is 0 Å². The van der Waals surface area contributed by atoms with Crippen LogP contribution in [0.1, 0.15) is 30.9 Å². The molecule has 0 radical (unpaired) electrons. The van der Waals surface area contributed by atoms with Gasteiger partial charge in [-0.2, -0.15) is 5.10 Å². The average Bonchev–Trinajstić information content (AvgIpc) is 3.16. The lowest BCUT2D eigenvalue weighted by Gasteiger charge is -2.32. The molecule has 0 spiro atoms. The highest BCUT2D eigenvalue weighted by atomic mass is 127. The number of aliphatic hydroxyl groups excluding tert-OH is 1. The summed E-state index contributed by atoms with van der Waals surface area (Å²) in [6.07, 6.45) is 6.06. The Kier molecular flexibility index (Phi) is 9.90. The third kappa shape index (κ3) is 6.87. The van der Waals surface area contributed by atoms with Crippen molar-refractivity contribution >= 4 is 35.6 Å². The highest BCUT2D eigenvalue weighted by molar-refractivity contribution is 14.0. The lowest BCUT2D eigenvalue weighted by atomic mass is 9.97. The number of aliphatic imine (C=N–C) groups is 1. The van der Waals surface area contributed by atoms with E-state index in [9.17, 15) is 5.11 Å². The Morgan fingerprint density at radius 3 is 2.50 bits per heavy atom. The molecular weight excluding hydrogens is 491 g/mol. The van der Waals surface area contributed by atoms with Crippen molar-refractivity contribution in [1.82, 2.24) is 20.0 Å². The zero-order chi connectivity index (χ0) is 20.6. The average molecular weight is 526 g/mol. The summed E-state index contributed by atoms with van der Waals surface area (Å²) in [5.41, 5.74) is 3.62. The minimum absolute atomic E-state index is 0. The molecular formula is C22H35IN6O. The second-order valence-electron chi connectivity index (χ2n) is 7.83. The maximum atomic E-state index is 9.31. The van der Waals surface area contributed by atoms with Crippen LogP contribution in [0.5, 0.6) is 0 Å². The Balaban J connectivity index is 0.00000320. The number of anilines is 1. The monoisotopic (exact) mass is 526 g/mol. The highest BCUT2D eigenvalue weighted by Crippen LogP contribution is 2.23. The molecule has 1 saturated heterocycles. The maximum absolute atomic E-state index is 9.31. The molecule has 1 aromatic carbocycles. The predicted molar refractivity (Wildman–Crippen MR) is 133 cm³/mol. The van der Waals surface area contributed by atoms with Gasteiger partial charge in [0.1, 0.15) is 0 Å². The number of aromatic nitrogens is 2. The quantitative estimate of drug-likeness (QED) is 0.330. The van der Waals surface area contributed by atoms with Crippen LogP contribution in [0.25, 0.3) is 0 Å². The van der Waals surface area contributed by atoms with Crippen LogP contribution in [0.4, 0.5) is 5.69 Å². The number of guanidine groups is 1. The molecule has 2 heterocycles. The van der Waals surface area contributed by atoms with Crippen molar-refractivity contribution in [3.8, 4) is 0 Å². The Morgan fingerprint density at radius 1 is 1.23 bits per heavy atom. The van der Waals surface area contributed by atoms with Crippen LogP contribution in [-0.2, 0) is 20.1 Å². The van der Waals surface area contributed by atoms with E-state index in [0.717, 1.165) is 50.5 Å². The van der Waals surface area contributed by atoms with E-state index in [4.69, 9.17) is 4.99 Å². The van der Waals surface area contributed by atoms with E-state index in [1.165, 1.54) is 11.3 Å². The second-order valence-corrected chi connectivity index (χ2v) is 7.83. The van der Waals surface area contributed by atoms with Crippen LogP contribution >= 0.6 is 24.0 Å². The number of nitrogens with one attached hydrogen (secondary N) is 1. The molecule has 0 saturated carbocycles. The summed E-state index contributed by atoms with van der Waals surface area (Å²) < 4.78 is 1.82. The van der Waals surface area contributed by atoms with Crippen molar-refractivity contribution < 1.29 is 5.11 Å². The minimum atomic E-state index is 0. The topological polar surface area (TPSA) is 68.9 Å². The van der Waals surface area contributed by atoms with E-state index in [1.807, 2.05) is 31.2 Å². The molecule has 3 rings (SSSR count). The summed E-state index contributed by atoms with van der Waals surface area (Å²) in [5.74, 6) is 1.36. The van der Waals surface area contributed by atoms with Crippen LogP contribution in [-0.4, -0.2) is 59.0 Å². The summed E-state index contributed by atoms with van der Waals surface area (Å²) in [4.78, 5) is 9.35. The van der Waals surface area contributed by atoms with E-state index < -0.39 is 0 Å². The first-order chi connectivity index (χ1) is 14.1. The van der Waals surface area contributed by atoms with Crippen LogP contribution in [0.2, 0.25) is 0 Å². The molecule has 2 N–H and O–H groups in total. The lowest BCUT2D eigenvalue weighted by Crippen LogP contribution is -2.38. The van der Waals surface area contributed by atoms with Crippen molar-refractivity contribution in [1.29, 1.82) is 0 Å². The predicted octanol–water partition coefficient (Wildman–Crippen LogP) is 2.84. The van der Waals surface area contributed by atoms with Gasteiger partial charge < -0.3 is 20.2 Å². The van der Waals surface area contributed by atoms with E-state index in [1.54, 1.807) is 0 Å². The van der Waals surface area contributed by atoms with Gasteiger partial charge in [0.25, 0.3) is 0 Å². The SMILES string of the molecule is CCNC(=NCc1ccc(N2CCC(CO)CC2)cc1)N(C)Cc1cnn(C)c1.I. The number of rotatable bonds is 7. The minimum Gasteiger partial charge on any atom is -0.396 e. The van der Waals surface area contributed by atoms with Crippen molar-refractivity contribution in [3.05, 3.63) is 47.8 Å². The van der Waals surface area contributed by atoms with Crippen molar-refractivity contribution in [2.45, 2.75) is 32.9 Å². The molecule has 1 aliphatic heterocycles. The van der Waals surface area contributed by atoms with Gasteiger partial charge >= 0.3 is 0 Å². The standard InChI is InChI=1S/C22H34N6O.HI/c1-4-23-22(26(2)15-20-14-25-27(3)16-20)24-13-18-5-7-21(8-6-18)28-11-9-19(17-29)10-12-28;/h5-8,14,16,19,29H,4,9-13,15,17H2,1-3H3,(H,23,24);1H. The second kappa shape index (κ2) is 12.1. The first-order valence-electron chi connectivity index (χ1n) is 10.5. The van der Waals surface area contributed by atoms with Crippen molar-refractivity contribution in [2.24, 2.45) is 18.0 Å². The number of hydrogen-bond donors (Lipinski definition) is 2. The fourth-order valence-electron chi connectivity index (χ4n) is 3.72. The Hall–Kier alpha value is -1.81. The number of nitrogens with zero attached hydrogens (tertiary/aromatic N) is 5. The number of piperidine rings is 1. The third-order valence-corrected chi connectivity index (χ3v) is 5.46. The molecule has 166 valence electrons. The van der Waals surface area contributed by atoms with Crippen LogP contribution < -0.4 is 10.2 Å². The number of halogens is 1. The highest BCUT2D eigenvalue weighted by Gasteiger charge is 2.18. The molecule has 30 heavy (non-hydrogen) atoms. The molecule has 0 atom stereocenters. The lowest BCUT2D eigenvalue weighted by molar-refractivity contribution is 0.203. The number of aryl methyl sites for hydroxylation is 1. The number of hydrogen-bond acceptors (Lipinski definition) is 4. The Morgan fingerprint density at radius 2 is 1.93 bits per heavy atom. The fraction of sp³-hybridized carbons (Fsp3) is 0.545. The van der Waals surface area contributed by atoms with Gasteiger partial charge in [-0.15, -0.1) is 24.0 Å². The molecule has 0 amide bonds. The first kappa shape index (κ1) is 24.5.